The fourth-order valence-corrected chi connectivity index (χ4v) is 3.05. The molecule has 1 aromatic heterocycles. The Morgan fingerprint density at radius 3 is 2.52 bits per heavy atom. The first-order chi connectivity index (χ1) is 10.8. The van der Waals surface area contributed by atoms with E-state index in [1.54, 1.807) is 12.1 Å². The fourth-order valence-electron chi connectivity index (χ4n) is 2.92. The highest BCUT2D eigenvalue weighted by molar-refractivity contribution is 6.30. The van der Waals surface area contributed by atoms with Crippen LogP contribution in [0.25, 0.3) is 0 Å². The van der Waals surface area contributed by atoms with Gasteiger partial charge in [-0.2, -0.15) is 5.26 Å². The zero-order valence-corrected chi connectivity index (χ0v) is 13.9. The summed E-state index contributed by atoms with van der Waals surface area (Å²) in [6.07, 6.45) is 0. The van der Waals surface area contributed by atoms with Crippen molar-refractivity contribution in [2.45, 2.75) is 32.1 Å². The third-order valence-electron chi connectivity index (χ3n) is 4.02. The van der Waals surface area contributed by atoms with E-state index in [9.17, 15) is 5.26 Å². The van der Waals surface area contributed by atoms with Crippen LogP contribution in [0.4, 0.5) is 0 Å². The van der Waals surface area contributed by atoms with Gasteiger partial charge in [0.15, 0.2) is 0 Å². The lowest BCUT2D eigenvalue weighted by molar-refractivity contribution is 0.433. The molecule has 2 aromatic rings. The number of fused-ring (bicyclic) bond motifs is 1. The van der Waals surface area contributed by atoms with Crippen LogP contribution < -0.4 is 4.74 Å². The lowest BCUT2D eigenvalue weighted by atomic mass is 9.76. The second kappa shape index (κ2) is 5.39. The van der Waals surface area contributed by atoms with E-state index >= 15 is 0 Å². The monoisotopic (exact) mass is 328 g/mol. The highest BCUT2D eigenvalue weighted by Crippen LogP contribution is 2.45. The van der Waals surface area contributed by atoms with Crippen molar-refractivity contribution in [2.75, 3.05) is 0 Å². The Labute approximate surface area is 139 Å². The number of H-pyrrole nitrogens is 1. The smallest absolute Gasteiger partial charge is 0.243 e. The minimum atomic E-state index is -0.692. The standard InChI is InChI=1S/C17H17ClN4O/c1-17(2,3)14-13-12(9-4-6-10(18)7-5-9)11(8-19)15(20)23-16(13)22-21-14/h4-7,11-12,20H,1-3H3,(H,21,22). The van der Waals surface area contributed by atoms with Gasteiger partial charge in [0.2, 0.25) is 11.8 Å². The van der Waals surface area contributed by atoms with Crippen LogP contribution in [0.15, 0.2) is 24.3 Å². The van der Waals surface area contributed by atoms with Gasteiger partial charge >= 0.3 is 0 Å². The normalized spacial score (nSPS) is 20.6. The van der Waals surface area contributed by atoms with Crippen molar-refractivity contribution in [2.24, 2.45) is 5.92 Å². The second-order valence-electron chi connectivity index (χ2n) is 6.67. The quantitative estimate of drug-likeness (QED) is 0.829. The van der Waals surface area contributed by atoms with Crippen LogP contribution in [0.5, 0.6) is 5.88 Å². The van der Waals surface area contributed by atoms with Crippen molar-refractivity contribution in [1.82, 2.24) is 10.2 Å². The minimum absolute atomic E-state index is 0.0769. The van der Waals surface area contributed by atoms with Gasteiger partial charge in [-0.05, 0) is 17.7 Å². The molecule has 118 valence electrons. The van der Waals surface area contributed by atoms with Gasteiger partial charge in [-0.3, -0.25) is 10.5 Å². The molecule has 2 heterocycles. The first-order valence-corrected chi connectivity index (χ1v) is 7.71. The summed E-state index contributed by atoms with van der Waals surface area (Å²) in [4.78, 5) is 0. The number of aromatic amines is 1. The summed E-state index contributed by atoms with van der Waals surface area (Å²) in [5.74, 6) is -0.692. The number of nitrogens with zero attached hydrogens (tertiary/aromatic N) is 2. The van der Waals surface area contributed by atoms with Gasteiger partial charge in [0.1, 0.15) is 5.92 Å². The SMILES string of the molecule is CC(C)(C)c1[nH]nc2c1C(c1ccc(Cl)cc1)C(C#N)C(=N)O2. The van der Waals surface area contributed by atoms with E-state index in [-0.39, 0.29) is 17.2 Å². The van der Waals surface area contributed by atoms with Gasteiger partial charge in [0.25, 0.3) is 0 Å². The third kappa shape index (κ3) is 2.60. The predicted octanol–water partition coefficient (Wildman–Crippen LogP) is 4.00. The van der Waals surface area contributed by atoms with E-state index in [2.05, 4.69) is 37.0 Å². The van der Waals surface area contributed by atoms with Gasteiger partial charge < -0.3 is 4.74 Å². The van der Waals surface area contributed by atoms with E-state index < -0.39 is 5.92 Å². The summed E-state index contributed by atoms with van der Waals surface area (Å²) in [6.45, 7) is 6.21. The Balaban J connectivity index is 2.23. The zero-order chi connectivity index (χ0) is 16.8. The maximum absolute atomic E-state index is 9.58. The van der Waals surface area contributed by atoms with Crippen LogP contribution in [-0.4, -0.2) is 16.1 Å². The summed E-state index contributed by atoms with van der Waals surface area (Å²) in [7, 11) is 0. The van der Waals surface area contributed by atoms with Crippen molar-refractivity contribution in [1.29, 1.82) is 10.7 Å². The number of aromatic nitrogens is 2. The van der Waals surface area contributed by atoms with Crippen LogP contribution >= 0.6 is 11.6 Å². The molecule has 0 aliphatic carbocycles. The number of hydrogen-bond donors (Lipinski definition) is 2. The van der Waals surface area contributed by atoms with Gasteiger partial charge in [-0.15, -0.1) is 5.10 Å². The molecule has 0 fully saturated rings. The van der Waals surface area contributed by atoms with Crippen molar-refractivity contribution < 1.29 is 4.74 Å². The molecule has 0 amide bonds. The number of rotatable bonds is 1. The van der Waals surface area contributed by atoms with Gasteiger partial charge in [-0.1, -0.05) is 44.5 Å². The van der Waals surface area contributed by atoms with Crippen molar-refractivity contribution >= 4 is 17.5 Å². The third-order valence-corrected chi connectivity index (χ3v) is 4.27. The summed E-state index contributed by atoms with van der Waals surface area (Å²) in [6, 6.07) is 9.56. The summed E-state index contributed by atoms with van der Waals surface area (Å²) in [5.41, 5.74) is 2.50. The number of nitriles is 1. The van der Waals surface area contributed by atoms with Crippen LogP contribution in [0, 0.1) is 22.7 Å². The van der Waals surface area contributed by atoms with E-state index in [1.165, 1.54) is 0 Å². The molecule has 5 nitrogen and oxygen atoms in total. The van der Waals surface area contributed by atoms with Crippen molar-refractivity contribution in [3.05, 3.63) is 46.1 Å². The molecule has 1 aliphatic rings. The molecule has 0 radical (unpaired) electrons. The van der Waals surface area contributed by atoms with Gasteiger partial charge in [0.05, 0.1) is 6.07 Å². The maximum atomic E-state index is 9.58. The number of benzene rings is 1. The number of hydrogen-bond acceptors (Lipinski definition) is 4. The average molecular weight is 329 g/mol. The van der Waals surface area contributed by atoms with Crippen LogP contribution in [-0.2, 0) is 5.41 Å². The molecule has 1 aliphatic heterocycles. The van der Waals surface area contributed by atoms with E-state index in [0.29, 0.717) is 10.9 Å². The molecule has 6 heteroatoms. The molecule has 2 N–H and O–H groups in total. The van der Waals surface area contributed by atoms with Crippen molar-refractivity contribution in [3.8, 4) is 11.9 Å². The van der Waals surface area contributed by atoms with Gasteiger partial charge in [-0.25, -0.2) is 0 Å². The molecule has 0 saturated heterocycles. The van der Waals surface area contributed by atoms with Crippen molar-refractivity contribution in [3.63, 3.8) is 0 Å². The molecule has 3 rings (SSSR count). The van der Waals surface area contributed by atoms with Crippen LogP contribution in [0.2, 0.25) is 5.02 Å². The van der Waals surface area contributed by atoms with Crippen LogP contribution in [0.3, 0.4) is 0 Å². The highest BCUT2D eigenvalue weighted by Gasteiger charge is 2.42. The summed E-state index contributed by atoms with van der Waals surface area (Å²) in [5, 5.41) is 25.5. The van der Waals surface area contributed by atoms with E-state index in [4.69, 9.17) is 21.7 Å². The number of halogens is 1. The lowest BCUT2D eigenvalue weighted by Crippen LogP contribution is -2.32. The molecule has 2 atom stereocenters. The van der Waals surface area contributed by atoms with E-state index in [0.717, 1.165) is 16.8 Å². The summed E-state index contributed by atoms with van der Waals surface area (Å²) < 4.78 is 5.48. The Hall–Kier alpha value is -2.32. The maximum Gasteiger partial charge on any atom is 0.243 e. The number of ether oxygens (including phenoxy) is 1. The zero-order valence-electron chi connectivity index (χ0n) is 13.1. The Bertz CT molecular complexity index is 795. The molecule has 0 saturated carbocycles. The lowest BCUT2D eigenvalue weighted by Gasteiger charge is -2.30. The fraction of sp³-hybridized carbons (Fsp3) is 0.353. The number of nitrogens with one attached hydrogen (secondary N) is 2. The highest BCUT2D eigenvalue weighted by atomic mass is 35.5. The Morgan fingerprint density at radius 1 is 1.30 bits per heavy atom. The molecular weight excluding hydrogens is 312 g/mol. The Morgan fingerprint density at radius 2 is 1.96 bits per heavy atom. The molecule has 2 unspecified atom stereocenters. The molecule has 1 aromatic carbocycles. The molecular formula is C17H17ClN4O. The van der Waals surface area contributed by atoms with E-state index in [1.807, 2.05) is 12.1 Å². The minimum Gasteiger partial charge on any atom is -0.422 e. The predicted molar refractivity (Wildman–Crippen MR) is 88.0 cm³/mol. The first kappa shape index (κ1) is 15.6. The largest absolute Gasteiger partial charge is 0.422 e. The Kier molecular flexibility index (Phi) is 3.65. The average Bonchev–Trinajstić information content (AvgIpc) is 2.90. The van der Waals surface area contributed by atoms with Gasteiger partial charge in [0, 0.05) is 27.6 Å². The summed E-state index contributed by atoms with van der Waals surface area (Å²) >= 11 is 5.98. The topological polar surface area (TPSA) is 85.5 Å². The molecule has 0 bridgehead atoms. The molecule has 23 heavy (non-hydrogen) atoms. The first-order valence-electron chi connectivity index (χ1n) is 7.33. The second-order valence-corrected chi connectivity index (χ2v) is 7.11. The van der Waals surface area contributed by atoms with Crippen LogP contribution in [0.1, 0.15) is 43.5 Å². The molecule has 0 spiro atoms.